The molecular weight excluding hydrogens is 372 g/mol. The normalized spacial score (nSPS) is 20.9. The summed E-state index contributed by atoms with van der Waals surface area (Å²) in [5, 5.41) is -0.0542. The van der Waals surface area contributed by atoms with E-state index in [0.717, 1.165) is 11.1 Å². The number of esters is 1. The quantitative estimate of drug-likeness (QED) is 0.481. The summed E-state index contributed by atoms with van der Waals surface area (Å²) in [6, 6.07) is 18.7. The number of hydrogen-bond acceptors (Lipinski definition) is 5. The summed E-state index contributed by atoms with van der Waals surface area (Å²) in [7, 11) is 0. The highest BCUT2D eigenvalue weighted by molar-refractivity contribution is 8.00. The fourth-order valence-corrected chi connectivity index (χ4v) is 4.52. The van der Waals surface area contributed by atoms with E-state index in [2.05, 4.69) is 6.58 Å². The van der Waals surface area contributed by atoms with Crippen molar-refractivity contribution in [2.75, 3.05) is 5.75 Å². The smallest absolute Gasteiger partial charge is 0.338 e. The van der Waals surface area contributed by atoms with Gasteiger partial charge in [-0.05, 0) is 16.7 Å². The van der Waals surface area contributed by atoms with Gasteiger partial charge in [-0.2, -0.15) is 0 Å². The molecule has 2 aromatic carbocycles. The van der Waals surface area contributed by atoms with E-state index in [9.17, 15) is 9.59 Å². The molecule has 28 heavy (non-hydrogen) atoms. The number of amides is 1. The molecule has 0 saturated carbocycles. The van der Waals surface area contributed by atoms with Crippen molar-refractivity contribution in [3.63, 3.8) is 0 Å². The van der Waals surface area contributed by atoms with Crippen molar-refractivity contribution >= 4 is 23.6 Å². The van der Waals surface area contributed by atoms with Crippen LogP contribution in [0.15, 0.2) is 84.6 Å². The second-order valence-electron chi connectivity index (χ2n) is 6.71. The predicted molar refractivity (Wildman–Crippen MR) is 109 cm³/mol. The van der Waals surface area contributed by atoms with Crippen LogP contribution < -0.4 is 5.73 Å². The molecule has 0 aliphatic carbocycles. The van der Waals surface area contributed by atoms with E-state index >= 15 is 0 Å². The minimum absolute atomic E-state index is 0.0542. The van der Waals surface area contributed by atoms with Crippen molar-refractivity contribution in [2.24, 2.45) is 5.73 Å². The van der Waals surface area contributed by atoms with Gasteiger partial charge in [-0.1, -0.05) is 67.2 Å². The molecule has 142 valence electrons. The average Bonchev–Trinajstić information content (AvgIpc) is 2.76. The maximum absolute atomic E-state index is 12.9. The molecule has 2 aromatic rings. The highest BCUT2D eigenvalue weighted by atomic mass is 32.2. The Hall–Kier alpha value is -2.83. The van der Waals surface area contributed by atoms with E-state index in [1.54, 1.807) is 11.1 Å². The van der Waals surface area contributed by atoms with Crippen molar-refractivity contribution in [1.82, 2.24) is 4.90 Å². The Labute approximate surface area is 167 Å². The number of β-lactam (4-membered cyclic amide) rings is 1. The topological polar surface area (TPSA) is 72.6 Å². The Morgan fingerprint density at radius 3 is 2.25 bits per heavy atom. The van der Waals surface area contributed by atoms with Gasteiger partial charge in [0.05, 0.1) is 5.57 Å². The van der Waals surface area contributed by atoms with E-state index in [1.165, 1.54) is 11.8 Å². The van der Waals surface area contributed by atoms with Crippen LogP contribution in [0.2, 0.25) is 0 Å². The van der Waals surface area contributed by atoms with Crippen molar-refractivity contribution in [2.45, 2.75) is 17.5 Å². The van der Waals surface area contributed by atoms with Crippen LogP contribution in [0, 0.1) is 0 Å². The average molecular weight is 392 g/mol. The molecule has 1 unspecified atom stereocenters. The zero-order valence-corrected chi connectivity index (χ0v) is 16.0. The molecule has 2 atom stereocenters. The highest BCUT2D eigenvalue weighted by Gasteiger charge is 2.46. The fraction of sp³-hybridized carbons (Fsp3) is 0.182. The molecule has 2 heterocycles. The number of nitrogens with two attached hydrogens (primary N) is 1. The Morgan fingerprint density at radius 1 is 1.11 bits per heavy atom. The van der Waals surface area contributed by atoms with Gasteiger partial charge < -0.3 is 15.4 Å². The monoisotopic (exact) mass is 392 g/mol. The molecule has 2 N–H and O–H groups in total. The summed E-state index contributed by atoms with van der Waals surface area (Å²) >= 11 is 1.53. The standard InChI is InChI=1S/C22H20N2O3S/c1-14(17-12-24-20(25)18(23)21(24)28-13-17)22(26)27-19(15-8-4-2-5-9-15)16-10-6-3-7-11-16/h2-12,18-19,21H,1,13,23H2/t18?,21-/m1/s1. The SMILES string of the molecule is C=C(C(=O)OC(c1ccccc1)c1ccccc1)C1=CN2C(=O)C(N)[C@H]2SC1. The molecular formula is C22H20N2O3S. The molecule has 4 rings (SSSR count). The molecule has 1 amide bonds. The molecule has 0 aromatic heterocycles. The van der Waals surface area contributed by atoms with Crippen molar-refractivity contribution in [3.05, 3.63) is 95.7 Å². The third-order valence-electron chi connectivity index (χ3n) is 4.89. The lowest BCUT2D eigenvalue weighted by Crippen LogP contribution is -2.66. The number of thioether (sulfide) groups is 1. The van der Waals surface area contributed by atoms with Crippen LogP contribution >= 0.6 is 11.8 Å². The van der Waals surface area contributed by atoms with E-state index in [4.69, 9.17) is 10.5 Å². The third kappa shape index (κ3) is 3.37. The summed E-state index contributed by atoms with van der Waals surface area (Å²) in [6.07, 6.45) is 1.14. The zero-order valence-electron chi connectivity index (χ0n) is 15.2. The number of carbonyl (C=O) groups excluding carboxylic acids is 2. The molecule has 2 aliphatic rings. The third-order valence-corrected chi connectivity index (χ3v) is 6.23. The van der Waals surface area contributed by atoms with Crippen molar-refractivity contribution in [3.8, 4) is 0 Å². The van der Waals surface area contributed by atoms with Gasteiger partial charge in [0, 0.05) is 12.0 Å². The second-order valence-corrected chi connectivity index (χ2v) is 7.82. The molecule has 1 saturated heterocycles. The molecule has 0 radical (unpaired) electrons. The molecule has 5 nitrogen and oxygen atoms in total. The van der Waals surface area contributed by atoms with Gasteiger partial charge in [-0.15, -0.1) is 11.8 Å². The summed E-state index contributed by atoms with van der Waals surface area (Å²) in [5.41, 5.74) is 8.50. The van der Waals surface area contributed by atoms with Crippen molar-refractivity contribution < 1.29 is 14.3 Å². The van der Waals surface area contributed by atoms with Gasteiger partial charge in [0.1, 0.15) is 11.4 Å². The number of carbonyl (C=O) groups is 2. The largest absolute Gasteiger partial charge is 0.449 e. The minimum atomic E-state index is -0.532. The minimum Gasteiger partial charge on any atom is -0.449 e. The first-order chi connectivity index (χ1) is 13.6. The summed E-state index contributed by atoms with van der Waals surface area (Å²) in [4.78, 5) is 26.3. The van der Waals surface area contributed by atoms with Crippen LogP contribution in [0.5, 0.6) is 0 Å². The summed E-state index contributed by atoms with van der Waals surface area (Å²) in [6.45, 7) is 3.92. The fourth-order valence-electron chi connectivity index (χ4n) is 3.27. The lowest BCUT2D eigenvalue weighted by atomic mass is 10.0. The molecule has 0 bridgehead atoms. The van der Waals surface area contributed by atoms with Crippen LogP contribution in [0.25, 0.3) is 0 Å². The Bertz CT molecular complexity index is 903. The zero-order chi connectivity index (χ0) is 19.7. The van der Waals surface area contributed by atoms with Crippen LogP contribution in [0.3, 0.4) is 0 Å². The van der Waals surface area contributed by atoms with E-state index in [-0.39, 0.29) is 16.9 Å². The van der Waals surface area contributed by atoms with E-state index in [1.807, 2.05) is 60.7 Å². The lowest BCUT2D eigenvalue weighted by molar-refractivity contribution is -0.143. The number of hydrogen-bond donors (Lipinski definition) is 1. The van der Waals surface area contributed by atoms with Crippen molar-refractivity contribution in [1.29, 1.82) is 0 Å². The van der Waals surface area contributed by atoms with Crippen LogP contribution in [-0.4, -0.2) is 33.9 Å². The summed E-state index contributed by atoms with van der Waals surface area (Å²) < 4.78 is 5.85. The number of benzene rings is 2. The number of ether oxygens (including phenoxy) is 1. The van der Waals surface area contributed by atoms with Gasteiger partial charge >= 0.3 is 5.97 Å². The Morgan fingerprint density at radius 2 is 1.68 bits per heavy atom. The van der Waals surface area contributed by atoms with Gasteiger partial charge in [-0.25, -0.2) is 4.79 Å². The maximum Gasteiger partial charge on any atom is 0.338 e. The first-order valence-corrected chi connectivity index (χ1v) is 10.0. The van der Waals surface area contributed by atoms with E-state index in [0.29, 0.717) is 11.3 Å². The van der Waals surface area contributed by atoms with Gasteiger partial charge in [0.15, 0.2) is 6.10 Å². The second kappa shape index (κ2) is 7.66. The highest BCUT2D eigenvalue weighted by Crippen LogP contribution is 2.37. The number of fused-ring (bicyclic) bond motifs is 1. The number of nitrogens with zero attached hydrogens (tertiary/aromatic N) is 1. The number of rotatable bonds is 5. The van der Waals surface area contributed by atoms with Gasteiger partial charge in [0.2, 0.25) is 5.91 Å². The molecule has 2 aliphatic heterocycles. The molecule has 6 heteroatoms. The first-order valence-electron chi connectivity index (χ1n) is 8.96. The lowest BCUT2D eigenvalue weighted by Gasteiger charge is -2.45. The maximum atomic E-state index is 12.9. The van der Waals surface area contributed by atoms with Gasteiger partial charge in [0.25, 0.3) is 0 Å². The van der Waals surface area contributed by atoms with E-state index < -0.39 is 18.1 Å². The predicted octanol–water partition coefficient (Wildman–Crippen LogP) is 3.00. The Balaban J connectivity index is 1.54. The first kappa shape index (κ1) is 18.5. The van der Waals surface area contributed by atoms with Crippen LogP contribution in [0.4, 0.5) is 0 Å². The van der Waals surface area contributed by atoms with Crippen LogP contribution in [0.1, 0.15) is 17.2 Å². The molecule has 0 spiro atoms. The summed E-state index contributed by atoms with van der Waals surface area (Å²) in [5.74, 6) is -0.0696. The van der Waals surface area contributed by atoms with Gasteiger partial charge in [-0.3, -0.25) is 4.79 Å². The Kier molecular flexibility index (Phi) is 5.07. The van der Waals surface area contributed by atoms with Crippen LogP contribution in [-0.2, 0) is 14.3 Å². The molecule has 1 fully saturated rings.